The molecule has 6 heteroatoms. The van der Waals surface area contributed by atoms with Gasteiger partial charge in [0.05, 0.1) is 0 Å². The van der Waals surface area contributed by atoms with E-state index in [1.807, 2.05) is 24.3 Å². The van der Waals surface area contributed by atoms with Gasteiger partial charge in [0, 0.05) is 27.8 Å². The van der Waals surface area contributed by atoms with Crippen LogP contribution in [0.2, 0.25) is 0 Å². The van der Waals surface area contributed by atoms with Crippen LogP contribution in [0.5, 0.6) is 0 Å². The van der Waals surface area contributed by atoms with Gasteiger partial charge in [-0.1, -0.05) is 13.3 Å². The number of anilines is 1. The van der Waals surface area contributed by atoms with Crippen molar-refractivity contribution >= 4 is 45.8 Å². The minimum Gasteiger partial charge on any atom is -0.326 e. The van der Waals surface area contributed by atoms with Gasteiger partial charge in [-0.15, -0.1) is 0 Å². The Morgan fingerprint density at radius 1 is 1.17 bits per heavy atom. The van der Waals surface area contributed by atoms with E-state index in [1.54, 1.807) is 0 Å². The van der Waals surface area contributed by atoms with Gasteiger partial charge in [-0.25, -0.2) is 5.43 Å². The molecule has 1 atom stereocenters. The Kier molecular flexibility index (Phi) is 7.01. The largest absolute Gasteiger partial charge is 0.326 e. The molecule has 1 aliphatic carbocycles. The van der Waals surface area contributed by atoms with Crippen molar-refractivity contribution in [2.24, 2.45) is 11.0 Å². The Morgan fingerprint density at radius 3 is 2.57 bits per heavy atom. The quantitative estimate of drug-likeness (QED) is 0.556. The third kappa shape index (κ3) is 6.29. The van der Waals surface area contributed by atoms with Gasteiger partial charge >= 0.3 is 0 Å². The molecule has 23 heavy (non-hydrogen) atoms. The number of carbonyl (C=O) groups is 2. The number of nitrogens with zero attached hydrogens (tertiary/aromatic N) is 1. The lowest BCUT2D eigenvalue weighted by Gasteiger charge is -2.19. The average Bonchev–Trinajstić information content (AvgIpc) is 2.54. The van der Waals surface area contributed by atoms with E-state index < -0.39 is 0 Å². The molecule has 0 spiro atoms. The van der Waals surface area contributed by atoms with Gasteiger partial charge < -0.3 is 5.32 Å². The fourth-order valence-corrected chi connectivity index (χ4v) is 2.87. The number of nitrogens with one attached hydrogen (secondary N) is 2. The van der Waals surface area contributed by atoms with E-state index in [-0.39, 0.29) is 24.7 Å². The first-order chi connectivity index (χ1) is 11.0. The highest BCUT2D eigenvalue weighted by atomic mass is 127. The first kappa shape index (κ1) is 17.9. The van der Waals surface area contributed by atoms with Gasteiger partial charge in [0.15, 0.2) is 0 Å². The summed E-state index contributed by atoms with van der Waals surface area (Å²) in [5, 5.41) is 7.00. The van der Waals surface area contributed by atoms with Crippen molar-refractivity contribution < 1.29 is 9.59 Å². The zero-order chi connectivity index (χ0) is 16.7. The molecule has 0 heterocycles. The van der Waals surface area contributed by atoms with Crippen molar-refractivity contribution in [2.75, 3.05) is 5.32 Å². The molecule has 1 fully saturated rings. The van der Waals surface area contributed by atoms with E-state index in [2.05, 4.69) is 45.4 Å². The van der Waals surface area contributed by atoms with Crippen LogP contribution < -0.4 is 10.7 Å². The van der Waals surface area contributed by atoms with Crippen LogP contribution in [0.1, 0.15) is 45.4 Å². The second-order valence-corrected chi connectivity index (χ2v) is 7.09. The Balaban J connectivity index is 1.72. The average molecular weight is 427 g/mol. The van der Waals surface area contributed by atoms with Crippen LogP contribution in [0.25, 0.3) is 0 Å². The summed E-state index contributed by atoms with van der Waals surface area (Å²) in [5.74, 6) is 0.0568. The third-order valence-corrected chi connectivity index (χ3v) is 4.64. The molecule has 2 amide bonds. The highest BCUT2D eigenvalue weighted by molar-refractivity contribution is 14.1. The maximum Gasteiger partial charge on any atom is 0.240 e. The standard InChI is InChI=1S/C17H22IN3O2/c1-12-4-2-3-5-15(12)20-21-17(23)11-10-16(22)19-14-8-6-13(18)7-9-14/h6-9,12H,2-5,10-11H2,1H3,(H,19,22)(H,21,23)/b20-15-/t12-/m0/s1. The first-order valence-electron chi connectivity index (χ1n) is 7.95. The van der Waals surface area contributed by atoms with Crippen LogP contribution in [-0.2, 0) is 9.59 Å². The number of hydrogen-bond donors (Lipinski definition) is 2. The summed E-state index contributed by atoms with van der Waals surface area (Å²) in [4.78, 5) is 23.6. The van der Waals surface area contributed by atoms with Crippen molar-refractivity contribution in [3.05, 3.63) is 27.8 Å². The minimum absolute atomic E-state index is 0.140. The molecule has 0 bridgehead atoms. The highest BCUT2D eigenvalue weighted by Gasteiger charge is 2.16. The van der Waals surface area contributed by atoms with E-state index in [9.17, 15) is 9.59 Å². The monoisotopic (exact) mass is 427 g/mol. The van der Waals surface area contributed by atoms with Gasteiger partial charge in [0.25, 0.3) is 0 Å². The lowest BCUT2D eigenvalue weighted by atomic mass is 9.89. The fraction of sp³-hybridized carbons (Fsp3) is 0.471. The van der Waals surface area contributed by atoms with Crippen molar-refractivity contribution in [1.29, 1.82) is 0 Å². The smallest absolute Gasteiger partial charge is 0.240 e. The Bertz CT molecular complexity index is 584. The van der Waals surface area contributed by atoms with Gasteiger partial charge in [0.1, 0.15) is 0 Å². The molecule has 1 saturated carbocycles. The van der Waals surface area contributed by atoms with Crippen LogP contribution in [0, 0.1) is 9.49 Å². The van der Waals surface area contributed by atoms with Crippen LogP contribution in [-0.4, -0.2) is 17.5 Å². The van der Waals surface area contributed by atoms with Gasteiger partial charge in [-0.3, -0.25) is 9.59 Å². The lowest BCUT2D eigenvalue weighted by molar-refractivity contribution is -0.124. The molecule has 0 unspecified atom stereocenters. The van der Waals surface area contributed by atoms with Crippen LogP contribution in [0.15, 0.2) is 29.4 Å². The lowest BCUT2D eigenvalue weighted by Crippen LogP contribution is -2.25. The van der Waals surface area contributed by atoms with Crippen molar-refractivity contribution in [2.45, 2.75) is 45.4 Å². The summed E-state index contributed by atoms with van der Waals surface area (Å²) < 4.78 is 1.11. The Labute approximate surface area is 150 Å². The minimum atomic E-state index is -0.215. The second kappa shape index (κ2) is 9.00. The molecule has 124 valence electrons. The van der Waals surface area contributed by atoms with E-state index in [4.69, 9.17) is 0 Å². The maximum absolute atomic E-state index is 11.8. The summed E-state index contributed by atoms with van der Waals surface area (Å²) in [6, 6.07) is 7.53. The molecule has 0 saturated heterocycles. The molecular formula is C17H22IN3O2. The summed E-state index contributed by atoms with van der Waals surface area (Å²) in [6.45, 7) is 2.14. The van der Waals surface area contributed by atoms with Crippen molar-refractivity contribution in [1.82, 2.24) is 5.43 Å². The first-order valence-corrected chi connectivity index (χ1v) is 9.03. The summed E-state index contributed by atoms with van der Waals surface area (Å²) in [7, 11) is 0. The van der Waals surface area contributed by atoms with E-state index in [1.165, 1.54) is 6.42 Å². The fourth-order valence-electron chi connectivity index (χ4n) is 2.51. The zero-order valence-corrected chi connectivity index (χ0v) is 15.4. The number of hydrogen-bond acceptors (Lipinski definition) is 3. The number of hydrazone groups is 1. The molecular weight excluding hydrogens is 405 g/mol. The van der Waals surface area contributed by atoms with Crippen LogP contribution in [0.3, 0.4) is 0 Å². The number of rotatable bonds is 5. The molecule has 2 rings (SSSR count). The molecule has 0 aromatic heterocycles. The molecule has 1 aliphatic rings. The summed E-state index contributed by atoms with van der Waals surface area (Å²) in [6.07, 6.45) is 4.74. The van der Waals surface area contributed by atoms with Gasteiger partial charge in [0.2, 0.25) is 11.8 Å². The number of amides is 2. The van der Waals surface area contributed by atoms with Crippen molar-refractivity contribution in [3.63, 3.8) is 0 Å². The molecule has 1 aromatic carbocycles. The second-order valence-electron chi connectivity index (χ2n) is 5.84. The Hall–Kier alpha value is -1.44. The number of carbonyl (C=O) groups excluding carboxylic acids is 2. The van der Waals surface area contributed by atoms with Crippen LogP contribution in [0.4, 0.5) is 5.69 Å². The normalized spacial score (nSPS) is 19.4. The molecule has 0 radical (unpaired) electrons. The molecule has 0 aliphatic heterocycles. The number of halogens is 1. The number of benzene rings is 1. The topological polar surface area (TPSA) is 70.6 Å². The van der Waals surface area contributed by atoms with Crippen LogP contribution >= 0.6 is 22.6 Å². The van der Waals surface area contributed by atoms with E-state index >= 15 is 0 Å². The highest BCUT2D eigenvalue weighted by Crippen LogP contribution is 2.20. The summed E-state index contributed by atoms with van der Waals surface area (Å²) >= 11 is 2.21. The van der Waals surface area contributed by atoms with E-state index in [0.29, 0.717) is 5.92 Å². The zero-order valence-electron chi connectivity index (χ0n) is 13.3. The molecule has 1 aromatic rings. The third-order valence-electron chi connectivity index (χ3n) is 3.92. The predicted molar refractivity (Wildman–Crippen MR) is 100 cm³/mol. The Morgan fingerprint density at radius 2 is 1.87 bits per heavy atom. The van der Waals surface area contributed by atoms with Crippen molar-refractivity contribution in [3.8, 4) is 0 Å². The summed E-state index contributed by atoms with van der Waals surface area (Å²) in [5.41, 5.74) is 4.38. The SMILES string of the molecule is C[C@H]1CCCC/C1=N/NC(=O)CCC(=O)Nc1ccc(I)cc1. The van der Waals surface area contributed by atoms with E-state index in [0.717, 1.165) is 34.2 Å². The van der Waals surface area contributed by atoms with Gasteiger partial charge in [-0.05, 0) is 72.0 Å². The predicted octanol–water partition coefficient (Wildman–Crippen LogP) is 3.69. The van der Waals surface area contributed by atoms with Gasteiger partial charge in [-0.2, -0.15) is 5.10 Å². The molecule has 2 N–H and O–H groups in total. The maximum atomic E-state index is 11.8. The molecule has 5 nitrogen and oxygen atoms in total.